The minimum atomic E-state index is -4.36. The first-order chi connectivity index (χ1) is 21.7. The second kappa shape index (κ2) is 14.3. The molecule has 240 valence electrons. The van der Waals surface area contributed by atoms with Gasteiger partial charge in [0.15, 0.2) is 0 Å². The smallest absolute Gasteiger partial charge is 0.269 e. The standard InChI is InChI=1S/C34H35FN4O6S/c1-34(2,3)36-33(41)31(22-25-10-6-4-7-11-25)37(23-26-14-16-27(35)17-15-26)32(40)24-38(28-18-20-29(21-19-28)39(42)43)46(44,45)30-12-8-5-9-13-30/h4-21,31H,22-24H2,1-3H3,(H,36,41). The maximum absolute atomic E-state index is 14.4. The number of hydrogen-bond acceptors (Lipinski definition) is 6. The van der Waals surface area contributed by atoms with E-state index < -0.39 is 50.7 Å². The topological polar surface area (TPSA) is 130 Å². The first-order valence-electron chi connectivity index (χ1n) is 14.5. The molecule has 4 rings (SSSR count). The number of rotatable bonds is 12. The molecule has 1 unspecified atom stereocenters. The summed E-state index contributed by atoms with van der Waals surface area (Å²) >= 11 is 0. The van der Waals surface area contributed by atoms with Gasteiger partial charge in [-0.15, -0.1) is 0 Å². The molecular weight excluding hydrogens is 611 g/mol. The fourth-order valence-electron chi connectivity index (χ4n) is 4.78. The van der Waals surface area contributed by atoms with E-state index >= 15 is 0 Å². The second-order valence-corrected chi connectivity index (χ2v) is 13.6. The van der Waals surface area contributed by atoms with Crippen LogP contribution in [-0.2, 0) is 32.6 Å². The number of sulfonamides is 1. The fourth-order valence-corrected chi connectivity index (χ4v) is 6.22. The number of benzene rings is 4. The molecule has 0 saturated carbocycles. The molecule has 4 aromatic rings. The third kappa shape index (κ3) is 8.75. The quantitative estimate of drug-likeness (QED) is 0.160. The summed E-state index contributed by atoms with van der Waals surface area (Å²) in [5.74, 6) is -1.65. The van der Waals surface area contributed by atoms with Gasteiger partial charge in [-0.05, 0) is 68.3 Å². The van der Waals surface area contributed by atoms with Crippen molar-refractivity contribution in [1.82, 2.24) is 10.2 Å². The van der Waals surface area contributed by atoms with Crippen LogP contribution in [0.1, 0.15) is 31.9 Å². The van der Waals surface area contributed by atoms with E-state index in [9.17, 15) is 32.5 Å². The lowest BCUT2D eigenvalue weighted by atomic mass is 10.0. The first-order valence-corrected chi connectivity index (χ1v) is 15.9. The first kappa shape index (κ1) is 33.8. The van der Waals surface area contributed by atoms with Crippen LogP contribution >= 0.6 is 0 Å². The zero-order valence-electron chi connectivity index (χ0n) is 25.7. The van der Waals surface area contributed by atoms with Crippen LogP contribution in [0.3, 0.4) is 0 Å². The van der Waals surface area contributed by atoms with E-state index in [1.54, 1.807) is 26.8 Å². The molecular formula is C34H35FN4O6S. The third-order valence-electron chi connectivity index (χ3n) is 6.99. The number of carbonyl (C=O) groups excluding carboxylic acids is 2. The average molecular weight is 647 g/mol. The third-order valence-corrected chi connectivity index (χ3v) is 8.78. The molecule has 1 atom stereocenters. The second-order valence-electron chi connectivity index (χ2n) is 11.7. The molecule has 4 aromatic carbocycles. The van der Waals surface area contributed by atoms with Gasteiger partial charge in [0.25, 0.3) is 15.7 Å². The summed E-state index contributed by atoms with van der Waals surface area (Å²) < 4.78 is 42.7. The highest BCUT2D eigenvalue weighted by Crippen LogP contribution is 2.27. The molecule has 0 aromatic heterocycles. The molecule has 0 saturated heterocycles. The Hall–Kier alpha value is -5.10. The Morgan fingerprint density at radius 3 is 1.96 bits per heavy atom. The summed E-state index contributed by atoms with van der Waals surface area (Å²) in [5, 5.41) is 14.2. The zero-order chi connectivity index (χ0) is 33.5. The van der Waals surface area contributed by atoms with Crippen LogP contribution in [0.5, 0.6) is 0 Å². The summed E-state index contributed by atoms with van der Waals surface area (Å²) in [6, 6.07) is 25.7. The van der Waals surface area contributed by atoms with Crippen LogP contribution in [0.15, 0.2) is 114 Å². The number of nitro groups is 1. The highest BCUT2D eigenvalue weighted by atomic mass is 32.2. The molecule has 0 radical (unpaired) electrons. The van der Waals surface area contributed by atoms with Crippen LogP contribution in [0, 0.1) is 15.9 Å². The van der Waals surface area contributed by atoms with Crippen LogP contribution in [0.2, 0.25) is 0 Å². The van der Waals surface area contributed by atoms with Crippen molar-refractivity contribution in [2.75, 3.05) is 10.8 Å². The normalized spacial score (nSPS) is 12.2. The number of anilines is 1. The van der Waals surface area contributed by atoms with Gasteiger partial charge in [0.1, 0.15) is 18.4 Å². The number of nitrogens with one attached hydrogen (secondary N) is 1. The molecule has 0 bridgehead atoms. The number of carbonyl (C=O) groups is 2. The Bertz CT molecular complexity index is 1760. The van der Waals surface area contributed by atoms with E-state index in [0.29, 0.717) is 5.56 Å². The molecule has 2 amide bonds. The Labute approximate surface area is 267 Å². The molecule has 0 fully saturated rings. The van der Waals surface area contributed by atoms with Crippen molar-refractivity contribution in [1.29, 1.82) is 0 Å². The average Bonchev–Trinajstić information content (AvgIpc) is 3.02. The summed E-state index contributed by atoms with van der Waals surface area (Å²) in [7, 11) is -4.36. The maximum Gasteiger partial charge on any atom is 0.269 e. The van der Waals surface area contributed by atoms with Gasteiger partial charge in [0.05, 0.1) is 15.5 Å². The van der Waals surface area contributed by atoms with Gasteiger partial charge in [0, 0.05) is 30.6 Å². The molecule has 0 heterocycles. The lowest BCUT2D eigenvalue weighted by Gasteiger charge is -2.35. The number of amides is 2. The van der Waals surface area contributed by atoms with E-state index in [-0.39, 0.29) is 29.2 Å². The maximum atomic E-state index is 14.4. The summed E-state index contributed by atoms with van der Waals surface area (Å²) in [5.41, 5.74) is 0.384. The highest BCUT2D eigenvalue weighted by Gasteiger charge is 2.35. The monoisotopic (exact) mass is 646 g/mol. The Morgan fingerprint density at radius 1 is 0.848 bits per heavy atom. The van der Waals surface area contributed by atoms with E-state index in [1.807, 2.05) is 30.3 Å². The van der Waals surface area contributed by atoms with Crippen LogP contribution in [0.25, 0.3) is 0 Å². The van der Waals surface area contributed by atoms with Crippen molar-refractivity contribution < 1.29 is 27.3 Å². The fraction of sp³-hybridized carbons (Fsp3) is 0.235. The zero-order valence-corrected chi connectivity index (χ0v) is 26.5. The number of nitrogens with zero attached hydrogens (tertiary/aromatic N) is 3. The van der Waals surface area contributed by atoms with Crippen molar-refractivity contribution in [3.63, 3.8) is 0 Å². The molecule has 46 heavy (non-hydrogen) atoms. The summed E-state index contributed by atoms with van der Waals surface area (Å²) in [6.07, 6.45) is 0.110. The Balaban J connectivity index is 1.82. The van der Waals surface area contributed by atoms with Gasteiger partial charge in [-0.3, -0.25) is 24.0 Å². The van der Waals surface area contributed by atoms with Gasteiger partial charge < -0.3 is 10.2 Å². The minimum Gasteiger partial charge on any atom is -0.350 e. The molecule has 10 nitrogen and oxygen atoms in total. The van der Waals surface area contributed by atoms with Crippen molar-refractivity contribution in [2.24, 2.45) is 0 Å². The van der Waals surface area contributed by atoms with Crippen LogP contribution in [-0.4, -0.2) is 48.2 Å². The minimum absolute atomic E-state index is 0.0169. The van der Waals surface area contributed by atoms with Crippen LogP contribution < -0.4 is 9.62 Å². The summed E-state index contributed by atoms with van der Waals surface area (Å²) in [6.45, 7) is 4.55. The van der Waals surface area contributed by atoms with Gasteiger partial charge in [-0.1, -0.05) is 60.7 Å². The van der Waals surface area contributed by atoms with Gasteiger partial charge in [0.2, 0.25) is 11.8 Å². The Morgan fingerprint density at radius 2 is 1.41 bits per heavy atom. The molecule has 0 spiro atoms. The highest BCUT2D eigenvalue weighted by molar-refractivity contribution is 7.92. The molecule has 0 aliphatic rings. The number of halogens is 1. The SMILES string of the molecule is CC(C)(C)NC(=O)C(Cc1ccccc1)N(Cc1ccc(F)cc1)C(=O)CN(c1ccc([N+](=O)[O-])cc1)S(=O)(=O)c1ccccc1. The number of nitro benzene ring substituents is 1. The predicted octanol–water partition coefficient (Wildman–Crippen LogP) is 5.48. The number of hydrogen-bond donors (Lipinski definition) is 1. The van der Waals surface area contributed by atoms with Gasteiger partial charge in [-0.25, -0.2) is 12.8 Å². The molecule has 1 N–H and O–H groups in total. The van der Waals surface area contributed by atoms with Gasteiger partial charge in [-0.2, -0.15) is 0 Å². The lowest BCUT2D eigenvalue weighted by molar-refractivity contribution is -0.384. The predicted molar refractivity (Wildman–Crippen MR) is 173 cm³/mol. The van der Waals surface area contributed by atoms with E-state index in [1.165, 1.54) is 65.6 Å². The summed E-state index contributed by atoms with van der Waals surface area (Å²) in [4.78, 5) is 40.2. The molecule has 0 aliphatic heterocycles. The lowest BCUT2D eigenvalue weighted by Crippen LogP contribution is -2.56. The van der Waals surface area contributed by atoms with E-state index in [4.69, 9.17) is 0 Å². The molecule has 0 aliphatic carbocycles. The van der Waals surface area contributed by atoms with Crippen molar-refractivity contribution in [2.45, 2.75) is 50.2 Å². The van der Waals surface area contributed by atoms with E-state index in [0.717, 1.165) is 22.0 Å². The molecule has 12 heteroatoms. The van der Waals surface area contributed by atoms with Crippen molar-refractivity contribution in [3.8, 4) is 0 Å². The van der Waals surface area contributed by atoms with Crippen molar-refractivity contribution >= 4 is 33.2 Å². The largest absolute Gasteiger partial charge is 0.350 e. The van der Waals surface area contributed by atoms with Crippen molar-refractivity contribution in [3.05, 3.63) is 136 Å². The number of non-ortho nitro benzene ring substituents is 1. The van der Waals surface area contributed by atoms with Gasteiger partial charge >= 0.3 is 0 Å². The van der Waals surface area contributed by atoms with E-state index in [2.05, 4.69) is 5.32 Å². The van der Waals surface area contributed by atoms with Crippen LogP contribution in [0.4, 0.5) is 15.8 Å². The Kier molecular flexibility index (Phi) is 10.5.